The van der Waals surface area contributed by atoms with E-state index in [-0.39, 0.29) is 0 Å². The SMILES string of the molecule is Cc1cccc(N(c2ccc(C)c(C(C)C)c2)c2ccc3c4ccc(N(c5cccc(C)c5)c5ccc(C)c(C(C)C)c5)c5cccc(c6cccc2c63)c54)c1. The van der Waals surface area contributed by atoms with Gasteiger partial charge in [-0.2, -0.15) is 0 Å². The molecule has 0 aliphatic carbocycles. The molecule has 2 heteroatoms. The van der Waals surface area contributed by atoms with Gasteiger partial charge in [0.25, 0.3) is 0 Å². The van der Waals surface area contributed by atoms with Crippen LogP contribution in [0.15, 0.2) is 146 Å². The first kappa shape index (κ1) is 35.6. The third kappa shape index (κ3) is 5.87. The summed E-state index contributed by atoms with van der Waals surface area (Å²) in [6.07, 6.45) is 0. The predicted octanol–water partition coefficient (Wildman–Crippen LogP) is 16.2. The topological polar surface area (TPSA) is 6.48 Å². The van der Waals surface area contributed by atoms with Crippen LogP contribution in [0.25, 0.3) is 43.1 Å². The van der Waals surface area contributed by atoms with Crippen LogP contribution in [0.3, 0.4) is 0 Å². The van der Waals surface area contributed by atoms with E-state index in [4.69, 9.17) is 0 Å². The average Bonchev–Trinajstić information content (AvgIpc) is 3.19. The highest BCUT2D eigenvalue weighted by atomic mass is 15.1. The van der Waals surface area contributed by atoms with Crippen molar-refractivity contribution in [1.29, 1.82) is 0 Å². The zero-order valence-electron chi connectivity index (χ0n) is 33.9. The second-order valence-corrected chi connectivity index (χ2v) is 16.5. The van der Waals surface area contributed by atoms with Crippen LogP contribution in [0, 0.1) is 27.7 Å². The summed E-state index contributed by atoms with van der Waals surface area (Å²) in [6.45, 7) is 18.0. The Kier molecular flexibility index (Phi) is 8.81. The lowest BCUT2D eigenvalue weighted by Gasteiger charge is -2.30. The number of hydrogen-bond donors (Lipinski definition) is 0. The maximum absolute atomic E-state index is 2.47. The van der Waals surface area contributed by atoms with Crippen molar-refractivity contribution in [3.63, 3.8) is 0 Å². The van der Waals surface area contributed by atoms with E-state index in [2.05, 4.69) is 211 Å². The van der Waals surface area contributed by atoms with Gasteiger partial charge in [0.2, 0.25) is 0 Å². The Labute approximate surface area is 332 Å². The van der Waals surface area contributed by atoms with E-state index in [0.717, 1.165) is 0 Å². The maximum Gasteiger partial charge on any atom is 0.0540 e. The van der Waals surface area contributed by atoms with E-state index >= 15 is 0 Å². The summed E-state index contributed by atoms with van der Waals surface area (Å²) in [5, 5.41) is 10.2. The van der Waals surface area contributed by atoms with Crippen molar-refractivity contribution >= 4 is 77.2 Å². The molecule has 0 fully saturated rings. The Morgan fingerprint density at radius 2 is 0.696 bits per heavy atom. The van der Waals surface area contributed by atoms with E-state index in [0.29, 0.717) is 11.8 Å². The van der Waals surface area contributed by atoms with Crippen LogP contribution in [0.5, 0.6) is 0 Å². The first-order valence-corrected chi connectivity index (χ1v) is 20.2. The van der Waals surface area contributed by atoms with Crippen LogP contribution in [0.2, 0.25) is 0 Å². The Balaban J connectivity index is 1.32. The summed E-state index contributed by atoms with van der Waals surface area (Å²) in [7, 11) is 0. The smallest absolute Gasteiger partial charge is 0.0540 e. The molecule has 276 valence electrons. The number of hydrogen-bond acceptors (Lipinski definition) is 2. The van der Waals surface area contributed by atoms with E-state index in [1.54, 1.807) is 0 Å². The van der Waals surface area contributed by atoms with E-state index in [9.17, 15) is 0 Å². The minimum Gasteiger partial charge on any atom is -0.310 e. The standard InChI is InChI=1S/C54H50N2/c1-33(2)49-31-41(23-21-37(49)7)55(39-15-9-13-35(5)29-39)51-27-25-45-46-26-28-52(48-20-12-18-44(54(46)48)43-17-11-19-47(51)53(43)45)56(40-16-10-14-36(6)30-40)42-24-22-38(8)50(32-42)34(3)4/h9-34H,1-8H3. The molecule has 0 N–H and O–H groups in total. The first-order valence-electron chi connectivity index (χ1n) is 20.2. The average molecular weight is 727 g/mol. The molecule has 56 heavy (non-hydrogen) atoms. The number of nitrogens with zero attached hydrogens (tertiary/aromatic N) is 2. The van der Waals surface area contributed by atoms with Gasteiger partial charge in [0.15, 0.2) is 0 Å². The van der Waals surface area contributed by atoms with Gasteiger partial charge in [-0.1, -0.05) is 113 Å². The second kappa shape index (κ2) is 13.9. The Bertz CT molecular complexity index is 2710. The highest BCUT2D eigenvalue weighted by molar-refractivity contribution is 6.35. The maximum atomic E-state index is 2.47. The quantitative estimate of drug-likeness (QED) is 0.114. The molecule has 0 amide bonds. The van der Waals surface area contributed by atoms with Gasteiger partial charge in [0, 0.05) is 33.5 Å². The van der Waals surface area contributed by atoms with Gasteiger partial charge >= 0.3 is 0 Å². The normalized spacial score (nSPS) is 11.9. The third-order valence-electron chi connectivity index (χ3n) is 11.9. The lowest BCUT2D eigenvalue weighted by atomic mass is 9.88. The van der Waals surface area contributed by atoms with Crippen LogP contribution in [0.4, 0.5) is 34.1 Å². The van der Waals surface area contributed by atoms with Gasteiger partial charge in [0.1, 0.15) is 0 Å². The molecule has 0 saturated heterocycles. The number of aryl methyl sites for hydroxylation is 4. The van der Waals surface area contributed by atoms with Crippen molar-refractivity contribution in [2.24, 2.45) is 0 Å². The summed E-state index contributed by atoms with van der Waals surface area (Å²) in [4.78, 5) is 4.93. The molecular weight excluding hydrogens is 677 g/mol. The molecule has 0 aliphatic rings. The summed E-state index contributed by atoms with van der Waals surface area (Å²) in [5.74, 6) is 0.857. The van der Waals surface area contributed by atoms with Crippen molar-refractivity contribution in [3.05, 3.63) is 179 Å². The zero-order chi connectivity index (χ0) is 38.8. The van der Waals surface area contributed by atoms with E-state index < -0.39 is 0 Å². The van der Waals surface area contributed by atoms with Crippen molar-refractivity contribution in [3.8, 4) is 0 Å². The summed E-state index contributed by atoms with van der Waals surface area (Å²) in [5.41, 5.74) is 15.0. The highest BCUT2D eigenvalue weighted by Crippen LogP contribution is 2.49. The molecule has 9 aromatic rings. The number of fused-ring (bicyclic) bond motifs is 2. The Morgan fingerprint density at radius 1 is 0.339 bits per heavy atom. The summed E-state index contributed by atoms with van der Waals surface area (Å²) < 4.78 is 0. The predicted molar refractivity (Wildman–Crippen MR) is 244 cm³/mol. The molecule has 0 bridgehead atoms. The third-order valence-corrected chi connectivity index (χ3v) is 11.9. The molecule has 0 aliphatic heterocycles. The molecule has 9 aromatic carbocycles. The number of rotatable bonds is 8. The fourth-order valence-electron chi connectivity index (χ4n) is 9.24. The zero-order valence-corrected chi connectivity index (χ0v) is 33.9. The Hall–Kier alpha value is -6.12. The van der Waals surface area contributed by atoms with Gasteiger partial charge in [0.05, 0.1) is 11.4 Å². The van der Waals surface area contributed by atoms with Gasteiger partial charge in [-0.3, -0.25) is 0 Å². The first-order chi connectivity index (χ1) is 27.1. The molecule has 0 radical (unpaired) electrons. The van der Waals surface area contributed by atoms with Crippen molar-refractivity contribution in [1.82, 2.24) is 0 Å². The second-order valence-electron chi connectivity index (χ2n) is 16.5. The molecule has 0 spiro atoms. The number of anilines is 6. The molecule has 0 aromatic heterocycles. The fourth-order valence-corrected chi connectivity index (χ4v) is 9.24. The molecule has 0 heterocycles. The van der Waals surface area contributed by atoms with Crippen molar-refractivity contribution < 1.29 is 0 Å². The summed E-state index contributed by atoms with van der Waals surface area (Å²) in [6, 6.07) is 55.0. The van der Waals surface area contributed by atoms with E-state index in [1.165, 1.54) is 111 Å². The lowest BCUT2D eigenvalue weighted by molar-refractivity contribution is 0.856. The minimum atomic E-state index is 0.428. The van der Waals surface area contributed by atoms with Crippen LogP contribution in [0.1, 0.15) is 72.9 Å². The van der Waals surface area contributed by atoms with Crippen molar-refractivity contribution in [2.75, 3.05) is 9.80 Å². The van der Waals surface area contributed by atoms with Crippen LogP contribution >= 0.6 is 0 Å². The van der Waals surface area contributed by atoms with Gasteiger partial charge in [-0.05, 0) is 166 Å². The Morgan fingerprint density at radius 3 is 1.09 bits per heavy atom. The molecular formula is C54H50N2. The molecule has 2 nitrogen and oxygen atoms in total. The van der Waals surface area contributed by atoms with Crippen molar-refractivity contribution in [2.45, 2.75) is 67.2 Å². The van der Waals surface area contributed by atoms with Gasteiger partial charge in [-0.15, -0.1) is 0 Å². The largest absolute Gasteiger partial charge is 0.310 e. The van der Waals surface area contributed by atoms with Crippen LogP contribution < -0.4 is 9.80 Å². The van der Waals surface area contributed by atoms with Crippen LogP contribution in [-0.2, 0) is 0 Å². The molecule has 0 atom stereocenters. The van der Waals surface area contributed by atoms with Crippen LogP contribution in [-0.4, -0.2) is 0 Å². The molecule has 0 saturated carbocycles. The van der Waals surface area contributed by atoms with E-state index in [1.807, 2.05) is 0 Å². The number of benzene rings is 9. The monoisotopic (exact) mass is 726 g/mol. The lowest BCUT2D eigenvalue weighted by Crippen LogP contribution is -2.12. The van der Waals surface area contributed by atoms with Gasteiger partial charge < -0.3 is 9.80 Å². The van der Waals surface area contributed by atoms with Gasteiger partial charge in [-0.25, -0.2) is 0 Å². The molecule has 0 unspecified atom stereocenters. The molecule has 9 rings (SSSR count). The highest BCUT2D eigenvalue weighted by Gasteiger charge is 2.23. The minimum absolute atomic E-state index is 0.428. The fraction of sp³-hybridized carbons (Fsp3) is 0.185. The summed E-state index contributed by atoms with van der Waals surface area (Å²) >= 11 is 0.